The molecule has 6 heteroatoms. The number of hydrogen-bond acceptors (Lipinski definition) is 5. The Balaban J connectivity index is 1.51. The predicted octanol–water partition coefficient (Wildman–Crippen LogP) is 3.58. The highest BCUT2D eigenvalue weighted by molar-refractivity contribution is 7.10. The molecule has 5 nitrogen and oxygen atoms in total. The number of thiophene rings is 1. The smallest absolute Gasteiger partial charge is 0.344 e. The maximum Gasteiger partial charge on any atom is 0.344 e. The standard InChI is InChI=1S/C21H19NO4S/c23-19(14-26-20(24)15-25-17-10-5-2-6-11-17)22-21(18-12-7-13-27-18)16-8-3-1-4-9-16/h1-13,21H,14-15H2,(H,22,23)/t21-/m1/s1. The number of ether oxygens (including phenoxy) is 2. The molecule has 0 saturated heterocycles. The second kappa shape index (κ2) is 9.54. The highest BCUT2D eigenvalue weighted by atomic mass is 32.1. The van der Waals surface area contributed by atoms with Crippen molar-refractivity contribution in [2.45, 2.75) is 6.04 Å². The van der Waals surface area contributed by atoms with Crippen LogP contribution >= 0.6 is 11.3 Å². The summed E-state index contributed by atoms with van der Waals surface area (Å²) in [6, 6.07) is 22.2. The summed E-state index contributed by atoms with van der Waals surface area (Å²) in [4.78, 5) is 25.1. The normalized spacial score (nSPS) is 11.4. The monoisotopic (exact) mass is 381 g/mol. The molecule has 2 aromatic carbocycles. The molecule has 0 spiro atoms. The molecule has 3 rings (SSSR count). The first-order valence-corrected chi connectivity index (χ1v) is 9.31. The second-order valence-corrected chi connectivity index (χ2v) is 6.67. The number of carbonyl (C=O) groups excluding carboxylic acids is 2. The van der Waals surface area contributed by atoms with E-state index in [2.05, 4.69) is 5.32 Å². The molecule has 1 atom stereocenters. The summed E-state index contributed by atoms with van der Waals surface area (Å²) in [6.07, 6.45) is 0. The minimum atomic E-state index is -0.596. The van der Waals surface area contributed by atoms with Gasteiger partial charge in [-0.05, 0) is 29.1 Å². The van der Waals surface area contributed by atoms with Crippen LogP contribution in [0.1, 0.15) is 16.5 Å². The third-order valence-electron chi connectivity index (χ3n) is 3.73. The number of carbonyl (C=O) groups is 2. The molecule has 0 aliphatic heterocycles. The van der Waals surface area contributed by atoms with Gasteiger partial charge in [0.15, 0.2) is 13.2 Å². The van der Waals surface area contributed by atoms with Gasteiger partial charge in [0.05, 0.1) is 6.04 Å². The van der Waals surface area contributed by atoms with Crippen LogP contribution in [0, 0.1) is 0 Å². The van der Waals surface area contributed by atoms with E-state index in [1.165, 1.54) is 0 Å². The van der Waals surface area contributed by atoms with E-state index in [9.17, 15) is 9.59 Å². The molecule has 138 valence electrons. The minimum absolute atomic E-state index is 0.246. The van der Waals surface area contributed by atoms with Crippen molar-refractivity contribution < 1.29 is 19.1 Å². The van der Waals surface area contributed by atoms with Crippen molar-refractivity contribution in [1.29, 1.82) is 0 Å². The van der Waals surface area contributed by atoms with Gasteiger partial charge in [-0.15, -0.1) is 11.3 Å². The number of benzene rings is 2. The minimum Gasteiger partial charge on any atom is -0.482 e. The summed E-state index contributed by atoms with van der Waals surface area (Å²) >= 11 is 1.56. The van der Waals surface area contributed by atoms with Crippen LogP contribution in [-0.4, -0.2) is 25.1 Å². The fourth-order valence-corrected chi connectivity index (χ4v) is 3.27. The molecule has 0 radical (unpaired) electrons. The molecule has 3 aromatic rings. The number of rotatable bonds is 8. The Hall–Kier alpha value is -3.12. The zero-order chi connectivity index (χ0) is 18.9. The fraction of sp³-hybridized carbons (Fsp3) is 0.143. The summed E-state index contributed by atoms with van der Waals surface area (Å²) in [7, 11) is 0. The van der Waals surface area contributed by atoms with Crippen molar-refractivity contribution in [3.8, 4) is 5.75 Å². The molecule has 1 aromatic heterocycles. The Bertz CT molecular complexity index is 850. The summed E-state index contributed by atoms with van der Waals surface area (Å²) < 4.78 is 10.3. The Kier molecular flexibility index (Phi) is 6.60. The second-order valence-electron chi connectivity index (χ2n) is 5.69. The van der Waals surface area contributed by atoms with Crippen molar-refractivity contribution in [3.63, 3.8) is 0 Å². The molecule has 27 heavy (non-hydrogen) atoms. The van der Waals surface area contributed by atoms with Crippen molar-refractivity contribution in [2.24, 2.45) is 0 Å². The lowest BCUT2D eigenvalue weighted by Crippen LogP contribution is -2.33. The van der Waals surface area contributed by atoms with E-state index in [1.807, 2.05) is 66.0 Å². The lowest BCUT2D eigenvalue weighted by Gasteiger charge is -2.18. The van der Waals surface area contributed by atoms with Gasteiger partial charge in [0, 0.05) is 4.88 Å². The highest BCUT2D eigenvalue weighted by Gasteiger charge is 2.18. The average Bonchev–Trinajstić information content (AvgIpc) is 3.25. The quantitative estimate of drug-likeness (QED) is 0.606. The molecule has 1 heterocycles. The van der Waals surface area contributed by atoms with Gasteiger partial charge in [-0.3, -0.25) is 4.79 Å². The zero-order valence-electron chi connectivity index (χ0n) is 14.5. The summed E-state index contributed by atoms with van der Waals surface area (Å²) in [6.45, 7) is -0.601. The van der Waals surface area contributed by atoms with Crippen LogP contribution in [0.2, 0.25) is 0 Å². The van der Waals surface area contributed by atoms with Crippen LogP contribution in [0.15, 0.2) is 78.2 Å². The number of nitrogens with one attached hydrogen (secondary N) is 1. The lowest BCUT2D eigenvalue weighted by atomic mass is 10.1. The number of esters is 1. The Labute approximate surface area is 161 Å². The SMILES string of the molecule is O=C(COC(=O)COc1ccccc1)N[C@H](c1ccccc1)c1cccs1. The van der Waals surface area contributed by atoms with Gasteiger partial charge in [0.25, 0.3) is 5.91 Å². The van der Waals surface area contributed by atoms with Crippen LogP contribution in [0.4, 0.5) is 0 Å². The lowest BCUT2D eigenvalue weighted by molar-refractivity contribution is -0.150. The van der Waals surface area contributed by atoms with Crippen molar-refractivity contribution in [2.75, 3.05) is 13.2 Å². The topological polar surface area (TPSA) is 64.6 Å². The van der Waals surface area contributed by atoms with Gasteiger partial charge in [0.1, 0.15) is 5.75 Å². The Morgan fingerprint density at radius 2 is 1.59 bits per heavy atom. The highest BCUT2D eigenvalue weighted by Crippen LogP contribution is 2.25. The van der Waals surface area contributed by atoms with E-state index in [1.54, 1.807) is 23.5 Å². The van der Waals surface area contributed by atoms with Gasteiger partial charge in [0.2, 0.25) is 0 Å². The third kappa shape index (κ3) is 5.69. The molecule has 0 aliphatic carbocycles. The fourth-order valence-electron chi connectivity index (χ4n) is 2.47. The van der Waals surface area contributed by atoms with Gasteiger partial charge in [-0.2, -0.15) is 0 Å². The molecule has 0 saturated carbocycles. The van der Waals surface area contributed by atoms with Crippen LogP contribution in [0.3, 0.4) is 0 Å². The molecule has 0 bridgehead atoms. The van der Waals surface area contributed by atoms with Gasteiger partial charge in [-0.25, -0.2) is 4.79 Å². The Morgan fingerprint density at radius 1 is 0.889 bits per heavy atom. The maximum atomic E-state index is 12.3. The average molecular weight is 381 g/mol. The van der Waals surface area contributed by atoms with Crippen molar-refractivity contribution >= 4 is 23.2 Å². The van der Waals surface area contributed by atoms with E-state index < -0.39 is 5.97 Å². The van der Waals surface area contributed by atoms with Gasteiger partial charge >= 0.3 is 5.97 Å². The molecule has 1 amide bonds. The van der Waals surface area contributed by atoms with Gasteiger partial charge in [-0.1, -0.05) is 54.6 Å². The Morgan fingerprint density at radius 3 is 2.26 bits per heavy atom. The summed E-state index contributed by atoms with van der Waals surface area (Å²) in [5.74, 6) is -0.396. The number of hydrogen-bond donors (Lipinski definition) is 1. The van der Waals surface area contributed by atoms with Crippen molar-refractivity contribution in [3.05, 3.63) is 88.6 Å². The van der Waals surface area contributed by atoms with Crippen LogP contribution in [0.5, 0.6) is 5.75 Å². The van der Waals surface area contributed by atoms with Crippen molar-refractivity contribution in [1.82, 2.24) is 5.32 Å². The van der Waals surface area contributed by atoms with Crippen LogP contribution < -0.4 is 10.1 Å². The van der Waals surface area contributed by atoms with Gasteiger partial charge < -0.3 is 14.8 Å². The number of para-hydroxylation sites is 1. The van der Waals surface area contributed by atoms with E-state index in [0.29, 0.717) is 5.75 Å². The number of amides is 1. The molecular formula is C21H19NO4S. The van der Waals surface area contributed by atoms with Crippen LogP contribution in [-0.2, 0) is 14.3 Å². The summed E-state index contributed by atoms with van der Waals surface area (Å²) in [5, 5.41) is 4.88. The van der Waals surface area contributed by atoms with E-state index in [-0.39, 0.29) is 25.2 Å². The molecule has 0 fully saturated rings. The molecule has 0 unspecified atom stereocenters. The third-order valence-corrected chi connectivity index (χ3v) is 4.67. The first kappa shape index (κ1) is 18.7. The molecular weight excluding hydrogens is 362 g/mol. The first-order valence-electron chi connectivity index (χ1n) is 8.43. The van der Waals surface area contributed by atoms with E-state index in [0.717, 1.165) is 10.4 Å². The first-order chi connectivity index (χ1) is 13.2. The van der Waals surface area contributed by atoms with Crippen LogP contribution in [0.25, 0.3) is 0 Å². The zero-order valence-corrected chi connectivity index (χ0v) is 15.4. The van der Waals surface area contributed by atoms with E-state index in [4.69, 9.17) is 9.47 Å². The molecule has 1 N–H and O–H groups in total. The summed E-state index contributed by atoms with van der Waals surface area (Å²) in [5.41, 5.74) is 0.965. The maximum absolute atomic E-state index is 12.3. The predicted molar refractivity (Wildman–Crippen MR) is 104 cm³/mol. The van der Waals surface area contributed by atoms with E-state index >= 15 is 0 Å². The largest absolute Gasteiger partial charge is 0.482 e. The molecule has 0 aliphatic rings.